The van der Waals surface area contributed by atoms with Crippen molar-refractivity contribution in [1.82, 2.24) is 10.2 Å². The minimum Gasteiger partial charge on any atom is -0.490 e. The lowest BCUT2D eigenvalue weighted by molar-refractivity contribution is 0.288. The van der Waals surface area contributed by atoms with Crippen molar-refractivity contribution in [2.24, 2.45) is 0 Å². The first-order valence-corrected chi connectivity index (χ1v) is 9.96. The van der Waals surface area contributed by atoms with Crippen molar-refractivity contribution >= 4 is 11.3 Å². The van der Waals surface area contributed by atoms with Gasteiger partial charge in [-0.15, -0.1) is 10.2 Å². The summed E-state index contributed by atoms with van der Waals surface area (Å²) in [7, 11) is 0. The maximum atomic E-state index is 5.74. The van der Waals surface area contributed by atoms with Crippen LogP contribution in [0.4, 0.5) is 0 Å². The van der Waals surface area contributed by atoms with Crippen LogP contribution in [0.3, 0.4) is 0 Å². The zero-order valence-electron chi connectivity index (χ0n) is 15.1. The van der Waals surface area contributed by atoms with Crippen molar-refractivity contribution in [3.63, 3.8) is 0 Å². The van der Waals surface area contributed by atoms with E-state index in [9.17, 15) is 0 Å². The van der Waals surface area contributed by atoms with Gasteiger partial charge in [-0.3, -0.25) is 0 Å². The van der Waals surface area contributed by atoms with Crippen molar-refractivity contribution in [2.75, 3.05) is 13.2 Å². The molecule has 4 nitrogen and oxygen atoms in total. The van der Waals surface area contributed by atoms with E-state index in [0.717, 1.165) is 33.5 Å². The van der Waals surface area contributed by atoms with E-state index in [0.29, 0.717) is 13.2 Å². The highest BCUT2D eigenvalue weighted by Gasteiger charge is 2.19. The summed E-state index contributed by atoms with van der Waals surface area (Å²) >= 11 is 1.63. The fourth-order valence-electron chi connectivity index (χ4n) is 3.45. The van der Waals surface area contributed by atoms with Crippen LogP contribution in [0, 0.1) is 0 Å². The van der Waals surface area contributed by atoms with E-state index in [-0.39, 0.29) is 0 Å². The highest BCUT2D eigenvalue weighted by molar-refractivity contribution is 7.17. The first-order valence-electron chi connectivity index (χ1n) is 9.14. The van der Waals surface area contributed by atoms with Crippen molar-refractivity contribution in [3.8, 4) is 32.6 Å². The predicted molar refractivity (Wildman–Crippen MR) is 105 cm³/mol. The Bertz CT molecular complexity index is 920. The molecule has 1 aliphatic carbocycles. The van der Waals surface area contributed by atoms with E-state index in [1.54, 1.807) is 11.3 Å². The number of aromatic nitrogens is 2. The highest BCUT2D eigenvalue weighted by Crippen LogP contribution is 2.38. The zero-order chi connectivity index (χ0) is 17.9. The van der Waals surface area contributed by atoms with Crippen LogP contribution in [-0.4, -0.2) is 23.4 Å². The minimum atomic E-state index is 0.598. The molecule has 1 aromatic heterocycles. The van der Waals surface area contributed by atoms with Gasteiger partial charge in [-0.05, 0) is 62.4 Å². The molecule has 0 saturated heterocycles. The molecule has 0 N–H and O–H groups in total. The second kappa shape index (κ2) is 7.46. The Balaban J connectivity index is 1.68. The van der Waals surface area contributed by atoms with Gasteiger partial charge >= 0.3 is 0 Å². The molecule has 0 atom stereocenters. The third-order valence-electron chi connectivity index (χ3n) is 4.59. The average molecular weight is 366 g/mol. The van der Waals surface area contributed by atoms with Gasteiger partial charge in [0.05, 0.1) is 13.2 Å². The van der Waals surface area contributed by atoms with Crippen molar-refractivity contribution in [1.29, 1.82) is 0 Å². The predicted octanol–water partition coefficient (Wildman–Crippen LogP) is 5.16. The monoisotopic (exact) mass is 366 g/mol. The van der Waals surface area contributed by atoms with Gasteiger partial charge in [0.2, 0.25) is 0 Å². The SMILES string of the molecule is CCOc1ccc(-c2nnc(-c3cccc4c3CCC4)s2)cc1OCC. The standard InChI is InChI=1S/C21H22N2O2S/c1-3-24-18-12-11-15(13-19(18)25-4-2)20-22-23-21(26-20)17-10-6-8-14-7-5-9-16(14)17/h6,8,10-13H,3-5,7,9H2,1-2H3. The molecule has 3 aromatic rings. The highest BCUT2D eigenvalue weighted by atomic mass is 32.1. The second-order valence-corrected chi connectivity index (χ2v) is 7.21. The quantitative estimate of drug-likeness (QED) is 0.604. The van der Waals surface area contributed by atoms with Crippen LogP contribution in [0.2, 0.25) is 0 Å². The fourth-order valence-corrected chi connectivity index (χ4v) is 4.35. The molecule has 134 valence electrons. The molecule has 0 aliphatic heterocycles. The third-order valence-corrected chi connectivity index (χ3v) is 5.60. The van der Waals surface area contributed by atoms with Gasteiger partial charge in [-0.2, -0.15) is 0 Å². The minimum absolute atomic E-state index is 0.598. The Labute approximate surface area is 157 Å². The van der Waals surface area contributed by atoms with Crippen LogP contribution in [-0.2, 0) is 12.8 Å². The number of ether oxygens (including phenoxy) is 2. The maximum absolute atomic E-state index is 5.74. The van der Waals surface area contributed by atoms with E-state index in [1.165, 1.54) is 29.5 Å². The number of rotatable bonds is 6. The molecule has 1 heterocycles. The molecule has 0 unspecified atom stereocenters. The largest absolute Gasteiger partial charge is 0.490 e. The molecule has 0 fully saturated rings. The summed E-state index contributed by atoms with van der Waals surface area (Å²) in [5.74, 6) is 1.52. The van der Waals surface area contributed by atoms with Crippen LogP contribution < -0.4 is 9.47 Å². The molecule has 1 aliphatic rings. The Morgan fingerprint density at radius 1 is 0.923 bits per heavy atom. The van der Waals surface area contributed by atoms with Crippen LogP contribution in [0.5, 0.6) is 11.5 Å². The van der Waals surface area contributed by atoms with E-state index >= 15 is 0 Å². The Hall–Kier alpha value is -2.40. The lowest BCUT2D eigenvalue weighted by Gasteiger charge is -2.11. The van der Waals surface area contributed by atoms with Gasteiger partial charge in [-0.25, -0.2) is 0 Å². The van der Waals surface area contributed by atoms with Gasteiger partial charge < -0.3 is 9.47 Å². The number of aryl methyl sites for hydroxylation is 1. The van der Waals surface area contributed by atoms with Gasteiger partial charge in [0.1, 0.15) is 10.0 Å². The Morgan fingerprint density at radius 3 is 2.58 bits per heavy atom. The van der Waals surface area contributed by atoms with Gasteiger partial charge in [0, 0.05) is 11.1 Å². The topological polar surface area (TPSA) is 44.2 Å². The number of benzene rings is 2. The summed E-state index contributed by atoms with van der Waals surface area (Å²) in [5.41, 5.74) is 5.14. The molecular weight excluding hydrogens is 344 g/mol. The molecule has 4 rings (SSSR count). The normalized spacial score (nSPS) is 12.8. The van der Waals surface area contributed by atoms with Crippen molar-refractivity contribution in [2.45, 2.75) is 33.1 Å². The third kappa shape index (κ3) is 3.19. The summed E-state index contributed by atoms with van der Waals surface area (Å²) in [5, 5.41) is 10.8. The summed E-state index contributed by atoms with van der Waals surface area (Å²) in [6.45, 7) is 5.16. The van der Waals surface area contributed by atoms with Crippen molar-refractivity contribution in [3.05, 3.63) is 47.5 Å². The van der Waals surface area contributed by atoms with Gasteiger partial charge in [0.25, 0.3) is 0 Å². The summed E-state index contributed by atoms with van der Waals surface area (Å²) in [6.07, 6.45) is 3.54. The van der Waals surface area contributed by atoms with Crippen LogP contribution in [0.1, 0.15) is 31.4 Å². The molecule has 5 heteroatoms. The van der Waals surface area contributed by atoms with Crippen LogP contribution >= 0.6 is 11.3 Å². The number of hydrogen-bond donors (Lipinski definition) is 0. The average Bonchev–Trinajstić information content (AvgIpc) is 3.33. The fraction of sp³-hybridized carbons (Fsp3) is 0.333. The molecular formula is C21H22N2O2S. The molecule has 26 heavy (non-hydrogen) atoms. The van der Waals surface area contributed by atoms with Gasteiger partial charge in [0.15, 0.2) is 11.5 Å². The lowest BCUT2D eigenvalue weighted by Crippen LogP contribution is -1.98. The van der Waals surface area contributed by atoms with Gasteiger partial charge in [-0.1, -0.05) is 29.5 Å². The molecule has 0 spiro atoms. The molecule has 0 saturated carbocycles. The zero-order valence-corrected chi connectivity index (χ0v) is 15.9. The maximum Gasteiger partial charge on any atom is 0.161 e. The molecule has 2 aromatic carbocycles. The lowest BCUT2D eigenvalue weighted by atomic mass is 10.0. The first kappa shape index (κ1) is 17.0. The summed E-state index contributed by atoms with van der Waals surface area (Å²) in [6, 6.07) is 12.5. The second-order valence-electron chi connectivity index (χ2n) is 6.24. The smallest absolute Gasteiger partial charge is 0.161 e. The molecule has 0 bridgehead atoms. The summed E-state index contributed by atoms with van der Waals surface area (Å²) in [4.78, 5) is 0. The van der Waals surface area contributed by atoms with E-state index in [4.69, 9.17) is 9.47 Å². The van der Waals surface area contributed by atoms with Crippen LogP contribution in [0.25, 0.3) is 21.1 Å². The summed E-state index contributed by atoms with van der Waals surface area (Å²) < 4.78 is 11.4. The van der Waals surface area contributed by atoms with E-state index < -0.39 is 0 Å². The number of nitrogens with zero attached hydrogens (tertiary/aromatic N) is 2. The first-order chi connectivity index (χ1) is 12.8. The molecule has 0 amide bonds. The van der Waals surface area contributed by atoms with Crippen LogP contribution in [0.15, 0.2) is 36.4 Å². The van der Waals surface area contributed by atoms with Crippen molar-refractivity contribution < 1.29 is 9.47 Å². The number of fused-ring (bicyclic) bond motifs is 1. The Morgan fingerprint density at radius 2 is 1.73 bits per heavy atom. The number of hydrogen-bond acceptors (Lipinski definition) is 5. The molecule has 0 radical (unpaired) electrons. The van der Waals surface area contributed by atoms with E-state index in [2.05, 4.69) is 28.4 Å². The van der Waals surface area contributed by atoms with E-state index in [1.807, 2.05) is 32.0 Å². The Kier molecular flexibility index (Phi) is 4.89.